The zero-order valence-corrected chi connectivity index (χ0v) is 15.2. The van der Waals surface area contributed by atoms with Crippen LogP contribution in [0.1, 0.15) is 5.56 Å². The van der Waals surface area contributed by atoms with Gasteiger partial charge in [0.2, 0.25) is 9.84 Å². The Kier molecular flexibility index (Phi) is 5.65. The van der Waals surface area contributed by atoms with Gasteiger partial charge in [-0.1, -0.05) is 6.07 Å². The molecule has 144 valence electrons. The van der Waals surface area contributed by atoms with E-state index in [1.807, 2.05) is 0 Å². The molecule has 6 nitrogen and oxygen atoms in total. The van der Waals surface area contributed by atoms with Gasteiger partial charge in [0.15, 0.2) is 0 Å². The minimum absolute atomic E-state index is 0.224. The smallest absolute Gasteiger partial charge is 0.319 e. The Bertz CT molecular complexity index is 1090. The molecule has 1 aromatic heterocycles. The van der Waals surface area contributed by atoms with E-state index < -0.39 is 32.4 Å². The van der Waals surface area contributed by atoms with Gasteiger partial charge in [0.1, 0.15) is 16.5 Å². The number of amides is 2. The topological polar surface area (TPSA) is 88.2 Å². The Morgan fingerprint density at radius 2 is 1.79 bits per heavy atom. The molecule has 2 aromatic carbocycles. The molecule has 0 saturated heterocycles. The summed E-state index contributed by atoms with van der Waals surface area (Å²) in [5.41, 5.74) is 1.15. The van der Waals surface area contributed by atoms with Gasteiger partial charge in [-0.15, -0.1) is 0 Å². The van der Waals surface area contributed by atoms with Crippen molar-refractivity contribution in [3.63, 3.8) is 0 Å². The van der Waals surface area contributed by atoms with Crippen molar-refractivity contribution in [3.05, 3.63) is 84.2 Å². The summed E-state index contributed by atoms with van der Waals surface area (Å²) in [6.07, 6.45) is 3.24. The summed E-state index contributed by atoms with van der Waals surface area (Å²) in [5.74, 6) is -1.90. The van der Waals surface area contributed by atoms with Crippen LogP contribution in [0.25, 0.3) is 0 Å². The van der Waals surface area contributed by atoms with Crippen LogP contribution in [-0.2, 0) is 16.4 Å². The number of sulfone groups is 1. The molecule has 0 aliphatic carbocycles. The van der Waals surface area contributed by atoms with E-state index in [0.717, 1.165) is 17.7 Å². The fourth-order valence-corrected chi connectivity index (χ4v) is 3.73. The van der Waals surface area contributed by atoms with Crippen LogP contribution in [-0.4, -0.2) is 19.4 Å². The number of carbonyl (C=O) groups excluding carboxylic acids is 1. The number of aromatic nitrogens is 1. The Balaban J connectivity index is 1.69. The van der Waals surface area contributed by atoms with Crippen LogP contribution in [0.15, 0.2) is 76.8 Å². The second-order valence-electron chi connectivity index (χ2n) is 5.77. The predicted octanol–water partition coefficient (Wildman–Crippen LogP) is 3.51. The van der Waals surface area contributed by atoms with Gasteiger partial charge in [-0.2, -0.15) is 0 Å². The van der Waals surface area contributed by atoms with E-state index in [1.54, 1.807) is 24.5 Å². The molecule has 0 aliphatic heterocycles. The number of hydrogen-bond donors (Lipinski definition) is 2. The lowest BCUT2D eigenvalue weighted by Gasteiger charge is -2.09. The lowest BCUT2D eigenvalue weighted by Crippen LogP contribution is -2.28. The molecule has 0 bridgehead atoms. The zero-order chi connectivity index (χ0) is 20.1. The van der Waals surface area contributed by atoms with Crippen LogP contribution in [0, 0.1) is 11.6 Å². The van der Waals surface area contributed by atoms with Gasteiger partial charge in [-0.05, 0) is 54.1 Å². The zero-order valence-electron chi connectivity index (χ0n) is 14.4. The number of urea groups is 1. The van der Waals surface area contributed by atoms with Crippen molar-refractivity contribution in [2.24, 2.45) is 0 Å². The number of pyridine rings is 1. The first-order valence-corrected chi connectivity index (χ1v) is 9.58. The first-order valence-electron chi connectivity index (χ1n) is 8.10. The first kappa shape index (κ1) is 19.4. The maximum atomic E-state index is 13.8. The van der Waals surface area contributed by atoms with Crippen LogP contribution in [0.2, 0.25) is 0 Å². The van der Waals surface area contributed by atoms with E-state index in [1.165, 1.54) is 24.3 Å². The first-order chi connectivity index (χ1) is 13.4. The molecule has 0 atom stereocenters. The van der Waals surface area contributed by atoms with Crippen molar-refractivity contribution < 1.29 is 22.0 Å². The molecule has 3 aromatic rings. The average Bonchev–Trinajstić information content (AvgIpc) is 2.69. The molecule has 0 aliphatic rings. The molecule has 9 heteroatoms. The van der Waals surface area contributed by atoms with E-state index in [2.05, 4.69) is 15.6 Å². The third kappa shape index (κ3) is 4.49. The molecule has 0 fully saturated rings. The lowest BCUT2D eigenvalue weighted by molar-refractivity contribution is 0.251. The number of anilines is 1. The van der Waals surface area contributed by atoms with E-state index in [9.17, 15) is 22.0 Å². The third-order valence-electron chi connectivity index (χ3n) is 3.78. The number of rotatable bonds is 5. The molecular weight excluding hydrogens is 388 g/mol. The molecule has 3 rings (SSSR count). The minimum Gasteiger partial charge on any atom is -0.334 e. The van der Waals surface area contributed by atoms with Crippen LogP contribution in [0.3, 0.4) is 0 Å². The molecule has 0 unspecified atom stereocenters. The van der Waals surface area contributed by atoms with Crippen LogP contribution < -0.4 is 10.6 Å². The quantitative estimate of drug-likeness (QED) is 0.682. The number of nitrogens with zero attached hydrogens (tertiary/aromatic N) is 1. The molecule has 0 spiro atoms. The van der Waals surface area contributed by atoms with E-state index in [-0.39, 0.29) is 11.4 Å². The largest absolute Gasteiger partial charge is 0.334 e. The van der Waals surface area contributed by atoms with Crippen LogP contribution in [0.4, 0.5) is 19.3 Å². The molecule has 0 saturated carbocycles. The minimum atomic E-state index is -4.23. The highest BCUT2D eigenvalue weighted by Crippen LogP contribution is 2.25. The molecule has 2 N–H and O–H groups in total. The van der Waals surface area contributed by atoms with Gasteiger partial charge in [-0.25, -0.2) is 22.0 Å². The summed E-state index contributed by atoms with van der Waals surface area (Å²) in [6.45, 7) is 0.269. The number of halogens is 2. The van der Waals surface area contributed by atoms with Crippen molar-refractivity contribution in [2.75, 3.05) is 5.32 Å². The molecular formula is C19H15F2N3O3S. The summed E-state index contributed by atoms with van der Waals surface area (Å²) < 4.78 is 52.1. The van der Waals surface area contributed by atoms with Crippen molar-refractivity contribution in [2.45, 2.75) is 16.3 Å². The van der Waals surface area contributed by atoms with Gasteiger partial charge >= 0.3 is 6.03 Å². The predicted molar refractivity (Wildman–Crippen MR) is 98.3 cm³/mol. The summed E-state index contributed by atoms with van der Waals surface area (Å²) in [4.78, 5) is 14.9. The number of nitrogens with one attached hydrogen (secondary N) is 2. The monoisotopic (exact) mass is 403 g/mol. The average molecular weight is 403 g/mol. The highest BCUT2D eigenvalue weighted by Gasteiger charge is 2.22. The summed E-state index contributed by atoms with van der Waals surface area (Å²) in [5, 5.41) is 5.18. The maximum absolute atomic E-state index is 13.8. The van der Waals surface area contributed by atoms with Crippen LogP contribution >= 0.6 is 0 Å². The molecule has 28 heavy (non-hydrogen) atoms. The summed E-state index contributed by atoms with van der Waals surface area (Å²) in [6, 6.07) is 10.4. The van der Waals surface area contributed by atoms with Crippen LogP contribution in [0.5, 0.6) is 0 Å². The van der Waals surface area contributed by atoms with Gasteiger partial charge in [-0.3, -0.25) is 4.98 Å². The highest BCUT2D eigenvalue weighted by atomic mass is 32.2. The molecule has 2 amide bonds. The Labute approximate surface area is 160 Å². The summed E-state index contributed by atoms with van der Waals surface area (Å²) >= 11 is 0. The second kappa shape index (κ2) is 8.13. The van der Waals surface area contributed by atoms with Gasteiger partial charge in [0.25, 0.3) is 0 Å². The third-order valence-corrected chi connectivity index (χ3v) is 5.57. The SMILES string of the molecule is O=C(NCc1cccnc1)Nc1ccc(S(=O)(=O)c2cc(F)ccc2F)cc1. The van der Waals surface area contributed by atoms with Gasteiger partial charge in [0, 0.05) is 24.6 Å². The Hall–Kier alpha value is -3.33. The number of hydrogen-bond acceptors (Lipinski definition) is 4. The van der Waals surface area contributed by atoms with E-state index in [4.69, 9.17) is 0 Å². The fourth-order valence-electron chi connectivity index (χ4n) is 2.39. The van der Waals surface area contributed by atoms with Crippen molar-refractivity contribution in [3.8, 4) is 0 Å². The fraction of sp³-hybridized carbons (Fsp3) is 0.0526. The van der Waals surface area contributed by atoms with E-state index in [0.29, 0.717) is 11.8 Å². The maximum Gasteiger partial charge on any atom is 0.319 e. The van der Waals surface area contributed by atoms with Crippen molar-refractivity contribution in [1.82, 2.24) is 10.3 Å². The van der Waals surface area contributed by atoms with E-state index >= 15 is 0 Å². The summed E-state index contributed by atoms with van der Waals surface area (Å²) in [7, 11) is -4.23. The van der Waals surface area contributed by atoms with Gasteiger partial charge < -0.3 is 10.6 Å². The standard InChI is InChI=1S/C19H15F2N3O3S/c20-14-3-8-17(21)18(10-14)28(26,27)16-6-4-15(5-7-16)24-19(25)23-12-13-2-1-9-22-11-13/h1-11H,12H2,(H2,23,24,25). The Morgan fingerprint density at radius 3 is 2.46 bits per heavy atom. The van der Waals surface area contributed by atoms with Crippen molar-refractivity contribution >= 4 is 21.6 Å². The van der Waals surface area contributed by atoms with Crippen molar-refractivity contribution in [1.29, 1.82) is 0 Å². The Morgan fingerprint density at radius 1 is 1.04 bits per heavy atom. The lowest BCUT2D eigenvalue weighted by atomic mass is 10.3. The normalized spacial score (nSPS) is 11.1. The second-order valence-corrected chi connectivity index (χ2v) is 7.69. The highest BCUT2D eigenvalue weighted by molar-refractivity contribution is 7.91. The molecule has 1 heterocycles. The number of carbonyl (C=O) groups is 1. The number of benzene rings is 2. The molecule has 0 radical (unpaired) electrons. The van der Waals surface area contributed by atoms with Gasteiger partial charge in [0.05, 0.1) is 4.90 Å².